The van der Waals surface area contributed by atoms with E-state index in [2.05, 4.69) is 16.6 Å². The molecule has 4 aliphatic heterocycles. The molecular formula is C14H16Cl2N3+. The van der Waals surface area contributed by atoms with Gasteiger partial charge in [0.2, 0.25) is 0 Å². The van der Waals surface area contributed by atoms with Gasteiger partial charge in [-0.05, 0) is 17.7 Å². The quantitative estimate of drug-likeness (QED) is 0.811. The Kier molecular flexibility index (Phi) is 2.76. The van der Waals surface area contributed by atoms with E-state index in [9.17, 15) is 0 Å². The largest absolute Gasteiger partial charge is 0.326 e. The first-order valence-electron chi connectivity index (χ1n) is 6.86. The van der Waals surface area contributed by atoms with Crippen LogP contribution in [0, 0.1) is 5.92 Å². The van der Waals surface area contributed by atoms with Crippen LogP contribution in [0.1, 0.15) is 24.4 Å². The molecule has 0 unspecified atom stereocenters. The van der Waals surface area contributed by atoms with Gasteiger partial charge in [-0.25, -0.2) is 0 Å². The molecule has 5 rings (SSSR count). The zero-order chi connectivity index (χ0) is 13.0. The van der Waals surface area contributed by atoms with Crippen molar-refractivity contribution in [2.75, 3.05) is 13.1 Å². The van der Waals surface area contributed by atoms with Crippen LogP contribution in [0.5, 0.6) is 0 Å². The van der Waals surface area contributed by atoms with E-state index in [0.29, 0.717) is 22.0 Å². The minimum atomic E-state index is 0.253. The summed E-state index contributed by atoms with van der Waals surface area (Å²) < 4.78 is 0. The van der Waals surface area contributed by atoms with Gasteiger partial charge in [-0.3, -0.25) is 5.43 Å². The molecule has 4 heterocycles. The number of benzene rings is 1. The smallest absolute Gasteiger partial charge is 0.155 e. The van der Waals surface area contributed by atoms with Gasteiger partial charge in [-0.15, -0.1) is 0 Å². The number of quaternary nitrogens is 1. The summed E-state index contributed by atoms with van der Waals surface area (Å²) in [6.45, 7) is 2.54. The molecule has 100 valence electrons. The number of nitrogens with one attached hydrogen (secondary N) is 2. The Balaban J connectivity index is 1.69. The molecule has 3 fully saturated rings. The molecule has 5 heteroatoms. The third-order valence-corrected chi connectivity index (χ3v) is 5.51. The van der Waals surface area contributed by atoms with Gasteiger partial charge in [0, 0.05) is 18.8 Å². The molecule has 3 nitrogen and oxygen atoms in total. The second-order valence-corrected chi connectivity index (χ2v) is 6.54. The number of nitrogens with zero attached hydrogens (tertiary/aromatic N) is 1. The first-order chi connectivity index (χ1) is 9.24. The summed E-state index contributed by atoms with van der Waals surface area (Å²) in [5, 5.41) is 5.86. The van der Waals surface area contributed by atoms with Crippen LogP contribution in [0.4, 0.5) is 0 Å². The summed E-state index contributed by atoms with van der Waals surface area (Å²) in [5.74, 6) is 0.697. The van der Waals surface area contributed by atoms with Crippen LogP contribution in [-0.2, 0) is 0 Å². The third kappa shape index (κ3) is 1.79. The maximum atomic E-state index is 6.14. The molecular weight excluding hydrogens is 281 g/mol. The van der Waals surface area contributed by atoms with Crippen molar-refractivity contribution in [1.82, 2.24) is 5.43 Å². The summed E-state index contributed by atoms with van der Waals surface area (Å²) in [4.78, 5) is 1.67. The van der Waals surface area contributed by atoms with E-state index in [1.54, 1.807) is 4.90 Å². The standard InChI is InChI=1S/C14H15Cl2N3/c15-10-2-1-9(7-11(10)16)13-14-12(17-18-13)8-3-5-19(14)6-4-8/h1-2,7-8,13-14,18H,3-6H2/p+1/t13-,14+/m1/s1. The molecule has 2 bridgehead atoms. The topological polar surface area (TPSA) is 28.8 Å². The number of halogens is 2. The van der Waals surface area contributed by atoms with Crippen molar-refractivity contribution < 1.29 is 4.90 Å². The lowest BCUT2D eigenvalue weighted by atomic mass is 9.78. The summed E-state index contributed by atoms with van der Waals surface area (Å²) in [6, 6.07) is 6.66. The lowest BCUT2D eigenvalue weighted by molar-refractivity contribution is -0.927. The highest BCUT2D eigenvalue weighted by molar-refractivity contribution is 6.42. The van der Waals surface area contributed by atoms with E-state index in [0.717, 1.165) is 0 Å². The van der Waals surface area contributed by atoms with Crippen molar-refractivity contribution in [3.8, 4) is 0 Å². The predicted molar refractivity (Wildman–Crippen MR) is 77.0 cm³/mol. The van der Waals surface area contributed by atoms with Crippen LogP contribution in [0.2, 0.25) is 10.0 Å². The Morgan fingerprint density at radius 1 is 1.16 bits per heavy atom. The molecule has 1 aromatic carbocycles. The molecule has 0 saturated carbocycles. The van der Waals surface area contributed by atoms with E-state index < -0.39 is 0 Å². The van der Waals surface area contributed by atoms with Gasteiger partial charge < -0.3 is 4.90 Å². The predicted octanol–water partition coefficient (Wildman–Crippen LogP) is 1.67. The van der Waals surface area contributed by atoms with Crippen LogP contribution >= 0.6 is 23.2 Å². The first-order valence-corrected chi connectivity index (χ1v) is 7.62. The van der Waals surface area contributed by atoms with Gasteiger partial charge in [0.05, 0.1) is 23.1 Å². The highest BCUT2D eigenvalue weighted by Gasteiger charge is 2.50. The van der Waals surface area contributed by atoms with E-state index >= 15 is 0 Å². The minimum absolute atomic E-state index is 0.253. The fraction of sp³-hybridized carbons (Fsp3) is 0.500. The number of fused-ring (bicyclic) bond motifs is 2. The van der Waals surface area contributed by atoms with E-state index in [1.165, 1.54) is 37.2 Å². The highest BCUT2D eigenvalue weighted by atomic mass is 35.5. The normalized spacial score (nSPS) is 35.8. The third-order valence-electron chi connectivity index (χ3n) is 4.77. The van der Waals surface area contributed by atoms with Gasteiger partial charge in [-0.1, -0.05) is 29.3 Å². The summed E-state index contributed by atoms with van der Waals surface area (Å²) >= 11 is 12.1. The Morgan fingerprint density at radius 2 is 1.95 bits per heavy atom. The van der Waals surface area contributed by atoms with Crippen molar-refractivity contribution in [3.63, 3.8) is 0 Å². The lowest BCUT2D eigenvalue weighted by Crippen LogP contribution is -3.20. The van der Waals surface area contributed by atoms with E-state index in [-0.39, 0.29) is 6.04 Å². The monoisotopic (exact) mass is 296 g/mol. The number of hydrogen-bond acceptors (Lipinski definition) is 2. The van der Waals surface area contributed by atoms with E-state index in [1.807, 2.05) is 12.1 Å². The molecule has 2 N–H and O–H groups in total. The zero-order valence-corrected chi connectivity index (χ0v) is 12.0. The Morgan fingerprint density at radius 3 is 2.68 bits per heavy atom. The number of hydrogen-bond donors (Lipinski definition) is 2. The maximum absolute atomic E-state index is 6.14. The summed E-state index contributed by atoms with van der Waals surface area (Å²) in [7, 11) is 0. The van der Waals surface area contributed by atoms with Crippen LogP contribution in [0.15, 0.2) is 23.3 Å². The zero-order valence-electron chi connectivity index (χ0n) is 10.5. The second kappa shape index (κ2) is 4.37. The van der Waals surface area contributed by atoms with Crippen molar-refractivity contribution in [3.05, 3.63) is 33.8 Å². The fourth-order valence-electron chi connectivity index (χ4n) is 3.82. The molecule has 1 aromatic rings. The number of rotatable bonds is 1. The lowest BCUT2D eigenvalue weighted by Gasteiger charge is -2.42. The molecule has 0 spiro atoms. The summed E-state index contributed by atoms with van der Waals surface area (Å²) in [5.41, 5.74) is 5.90. The highest BCUT2D eigenvalue weighted by Crippen LogP contribution is 2.33. The average Bonchev–Trinajstić information content (AvgIpc) is 2.90. The van der Waals surface area contributed by atoms with Gasteiger partial charge in [0.1, 0.15) is 11.8 Å². The molecule has 0 radical (unpaired) electrons. The van der Waals surface area contributed by atoms with Crippen LogP contribution in [-0.4, -0.2) is 24.8 Å². The van der Waals surface area contributed by atoms with Crippen LogP contribution in [0.3, 0.4) is 0 Å². The van der Waals surface area contributed by atoms with Crippen LogP contribution in [0.25, 0.3) is 0 Å². The number of hydrazone groups is 1. The molecule has 0 aromatic heterocycles. The maximum Gasteiger partial charge on any atom is 0.155 e. The molecule has 0 aliphatic carbocycles. The van der Waals surface area contributed by atoms with Gasteiger partial charge in [-0.2, -0.15) is 5.10 Å². The Hall–Kier alpha value is -0.770. The second-order valence-electron chi connectivity index (χ2n) is 5.73. The van der Waals surface area contributed by atoms with Crippen molar-refractivity contribution in [1.29, 1.82) is 0 Å². The van der Waals surface area contributed by atoms with Crippen LogP contribution < -0.4 is 10.3 Å². The van der Waals surface area contributed by atoms with Crippen molar-refractivity contribution in [2.24, 2.45) is 11.0 Å². The van der Waals surface area contributed by atoms with Gasteiger partial charge in [0.25, 0.3) is 0 Å². The molecule has 3 saturated heterocycles. The summed E-state index contributed by atoms with van der Waals surface area (Å²) in [6.07, 6.45) is 2.58. The molecule has 0 amide bonds. The average molecular weight is 297 g/mol. The first kappa shape index (κ1) is 12.0. The van der Waals surface area contributed by atoms with Gasteiger partial charge in [0.15, 0.2) is 6.04 Å². The van der Waals surface area contributed by atoms with Crippen molar-refractivity contribution >= 4 is 28.9 Å². The number of piperidine rings is 3. The molecule has 2 atom stereocenters. The SMILES string of the molecule is Clc1ccc([C@H]2NN=C3C4CC[NH+](CC4)[C@@H]32)cc1Cl. The Bertz CT molecular complexity index is 550. The van der Waals surface area contributed by atoms with Crippen molar-refractivity contribution in [2.45, 2.75) is 24.9 Å². The van der Waals surface area contributed by atoms with E-state index in [4.69, 9.17) is 23.2 Å². The molecule has 4 aliphatic rings. The van der Waals surface area contributed by atoms with Gasteiger partial charge >= 0.3 is 0 Å². The Labute approximate surface area is 122 Å². The molecule has 19 heavy (non-hydrogen) atoms. The minimum Gasteiger partial charge on any atom is -0.326 e. The fourth-order valence-corrected chi connectivity index (χ4v) is 4.12.